The van der Waals surface area contributed by atoms with E-state index in [-0.39, 0.29) is 24.0 Å². The molecule has 0 saturated carbocycles. The Labute approximate surface area is 204 Å². The first-order chi connectivity index (χ1) is 16.3. The number of ether oxygens (including phenoxy) is 2. The fourth-order valence-corrected chi connectivity index (χ4v) is 4.54. The van der Waals surface area contributed by atoms with Crippen LogP contribution in [0.5, 0.6) is 11.5 Å². The smallest absolute Gasteiger partial charge is 0.232 e. The van der Waals surface area contributed by atoms with Crippen molar-refractivity contribution in [3.63, 3.8) is 0 Å². The van der Waals surface area contributed by atoms with Gasteiger partial charge in [0.1, 0.15) is 6.29 Å². The first-order valence-electron chi connectivity index (χ1n) is 12.6. The summed E-state index contributed by atoms with van der Waals surface area (Å²) < 4.78 is 11.3. The van der Waals surface area contributed by atoms with Crippen molar-refractivity contribution in [2.75, 3.05) is 12.1 Å². The third kappa shape index (κ3) is 6.62. The number of unbranched alkanes of at least 4 members (excludes halogenated alkanes) is 4. The number of para-hydroxylation sites is 1. The highest BCUT2D eigenvalue weighted by Gasteiger charge is 2.29. The van der Waals surface area contributed by atoms with Crippen LogP contribution in [0.2, 0.25) is 0 Å². The van der Waals surface area contributed by atoms with Crippen LogP contribution in [0.3, 0.4) is 0 Å². The molecule has 1 amide bonds. The molecule has 1 N–H and O–H groups in total. The minimum Gasteiger partial charge on any atom is -0.454 e. The van der Waals surface area contributed by atoms with Crippen molar-refractivity contribution in [3.05, 3.63) is 53.1 Å². The van der Waals surface area contributed by atoms with Gasteiger partial charge in [0.05, 0.1) is 5.92 Å². The molecule has 3 rings (SSSR count). The van der Waals surface area contributed by atoms with Crippen LogP contribution in [-0.4, -0.2) is 19.0 Å². The molecule has 184 valence electrons. The molecule has 1 aliphatic heterocycles. The van der Waals surface area contributed by atoms with Crippen LogP contribution in [0.25, 0.3) is 0 Å². The lowest BCUT2D eigenvalue weighted by Crippen LogP contribution is -2.24. The number of carbonyl (C=O) groups excluding carboxylic acids is 2. The monoisotopic (exact) mass is 465 g/mol. The summed E-state index contributed by atoms with van der Waals surface area (Å²) in [6.45, 7) is 8.84. The zero-order chi connectivity index (χ0) is 24.6. The predicted octanol–water partition coefficient (Wildman–Crippen LogP) is 6.93. The number of benzene rings is 2. The summed E-state index contributed by atoms with van der Waals surface area (Å²) in [7, 11) is 0. The van der Waals surface area contributed by atoms with Gasteiger partial charge >= 0.3 is 0 Å². The predicted molar refractivity (Wildman–Crippen MR) is 137 cm³/mol. The molecule has 2 aromatic rings. The van der Waals surface area contributed by atoms with Crippen molar-refractivity contribution in [2.24, 2.45) is 0 Å². The summed E-state index contributed by atoms with van der Waals surface area (Å²) in [6, 6.07) is 12.1. The molecule has 34 heavy (non-hydrogen) atoms. The van der Waals surface area contributed by atoms with Gasteiger partial charge in [-0.15, -0.1) is 0 Å². The normalized spacial score (nSPS) is 13.5. The Hall–Kier alpha value is -2.82. The van der Waals surface area contributed by atoms with Gasteiger partial charge in [-0.1, -0.05) is 77.6 Å². The van der Waals surface area contributed by atoms with E-state index in [1.54, 1.807) is 0 Å². The molecule has 0 fully saturated rings. The van der Waals surface area contributed by atoms with Crippen LogP contribution in [0.15, 0.2) is 36.4 Å². The van der Waals surface area contributed by atoms with E-state index in [4.69, 9.17) is 9.47 Å². The largest absolute Gasteiger partial charge is 0.454 e. The van der Waals surface area contributed by atoms with Crippen molar-refractivity contribution in [3.8, 4) is 11.5 Å². The number of nitrogens with one attached hydrogen (secondary N) is 1. The molecule has 0 aliphatic carbocycles. The van der Waals surface area contributed by atoms with E-state index in [1.807, 2.05) is 18.2 Å². The van der Waals surface area contributed by atoms with Crippen molar-refractivity contribution in [1.29, 1.82) is 0 Å². The number of anilines is 1. The maximum atomic E-state index is 13.8. The van der Waals surface area contributed by atoms with Gasteiger partial charge in [-0.25, -0.2) is 0 Å². The lowest BCUT2D eigenvalue weighted by atomic mass is 9.84. The highest BCUT2D eigenvalue weighted by atomic mass is 16.7. The average Bonchev–Trinajstić information content (AvgIpc) is 3.28. The van der Waals surface area contributed by atoms with E-state index >= 15 is 0 Å². The quantitative estimate of drug-likeness (QED) is 0.273. The Balaban J connectivity index is 1.90. The highest BCUT2D eigenvalue weighted by molar-refractivity contribution is 5.97. The number of aryl methyl sites for hydroxylation is 1. The lowest BCUT2D eigenvalue weighted by molar-refractivity contribution is -0.117. The minimum atomic E-state index is -0.319. The Morgan fingerprint density at radius 3 is 2.65 bits per heavy atom. The van der Waals surface area contributed by atoms with Gasteiger partial charge in [-0.3, -0.25) is 4.79 Å². The van der Waals surface area contributed by atoms with E-state index in [2.05, 4.69) is 51.2 Å². The van der Waals surface area contributed by atoms with Crippen molar-refractivity contribution >= 4 is 17.9 Å². The minimum absolute atomic E-state index is 0.0176. The Bertz CT molecular complexity index is 977. The standard InChI is InChI=1S/C29H39NO4/c1-5-6-7-8-13-23(22-14-11-15-26-27(22)34-20-33-26)28(32)30-25-19-21(12-9-10-18-31)16-17-24(25)29(2,3)4/h11,14-19,23H,5-10,12-13,20H2,1-4H3,(H,30,32). The summed E-state index contributed by atoms with van der Waals surface area (Å²) in [5, 5.41) is 3.27. The molecule has 0 radical (unpaired) electrons. The van der Waals surface area contributed by atoms with Crippen LogP contribution >= 0.6 is 0 Å². The van der Waals surface area contributed by atoms with Crippen LogP contribution in [0.1, 0.15) is 95.2 Å². The molecule has 2 aromatic carbocycles. The maximum Gasteiger partial charge on any atom is 0.232 e. The number of fused-ring (bicyclic) bond motifs is 1. The molecular weight excluding hydrogens is 426 g/mol. The van der Waals surface area contributed by atoms with E-state index in [1.165, 1.54) is 0 Å². The van der Waals surface area contributed by atoms with Crippen molar-refractivity contribution in [1.82, 2.24) is 0 Å². The molecule has 1 heterocycles. The van der Waals surface area contributed by atoms with Gasteiger partial charge < -0.3 is 19.6 Å². The second kappa shape index (κ2) is 12.0. The second-order valence-corrected chi connectivity index (χ2v) is 10.2. The van der Waals surface area contributed by atoms with E-state index in [0.717, 1.165) is 73.6 Å². The third-order valence-electron chi connectivity index (χ3n) is 6.40. The Kier molecular flexibility index (Phi) is 9.14. The van der Waals surface area contributed by atoms with Crippen LogP contribution < -0.4 is 14.8 Å². The van der Waals surface area contributed by atoms with Gasteiger partial charge in [-0.05, 0) is 47.9 Å². The van der Waals surface area contributed by atoms with E-state index < -0.39 is 0 Å². The molecule has 0 saturated heterocycles. The molecule has 1 unspecified atom stereocenters. The number of hydrogen-bond donors (Lipinski definition) is 1. The third-order valence-corrected chi connectivity index (χ3v) is 6.40. The lowest BCUT2D eigenvalue weighted by Gasteiger charge is -2.26. The molecule has 5 heteroatoms. The second-order valence-electron chi connectivity index (χ2n) is 10.2. The van der Waals surface area contributed by atoms with Gasteiger partial charge in [-0.2, -0.15) is 0 Å². The molecular formula is C29H39NO4. The summed E-state index contributed by atoms with van der Waals surface area (Å²) in [5.74, 6) is 1.06. The Morgan fingerprint density at radius 1 is 1.09 bits per heavy atom. The summed E-state index contributed by atoms with van der Waals surface area (Å²) in [6.07, 6.45) is 8.28. The fraction of sp³-hybridized carbons (Fsp3) is 0.517. The van der Waals surface area contributed by atoms with Crippen LogP contribution in [0, 0.1) is 0 Å². The number of carbonyl (C=O) groups is 2. The SMILES string of the molecule is CCCCCCC(C(=O)Nc1cc(CCCC=O)ccc1C(C)(C)C)c1cccc2c1OCO2. The summed E-state index contributed by atoms with van der Waals surface area (Å²) >= 11 is 0. The molecule has 0 bridgehead atoms. The van der Waals surface area contributed by atoms with Crippen LogP contribution in [-0.2, 0) is 21.4 Å². The highest BCUT2D eigenvalue weighted by Crippen LogP contribution is 2.41. The van der Waals surface area contributed by atoms with Crippen molar-refractivity contribution < 1.29 is 19.1 Å². The molecule has 1 aliphatic rings. The topological polar surface area (TPSA) is 64.6 Å². The maximum absolute atomic E-state index is 13.8. The molecule has 0 spiro atoms. The van der Waals surface area contributed by atoms with Gasteiger partial charge in [0.25, 0.3) is 0 Å². The first kappa shape index (κ1) is 25.8. The first-order valence-corrected chi connectivity index (χ1v) is 12.6. The fourth-order valence-electron chi connectivity index (χ4n) is 4.54. The molecule has 0 aromatic heterocycles. The van der Waals surface area contributed by atoms with Gasteiger partial charge in [0, 0.05) is 17.7 Å². The van der Waals surface area contributed by atoms with Crippen molar-refractivity contribution in [2.45, 2.75) is 90.4 Å². The molecule has 1 atom stereocenters. The van der Waals surface area contributed by atoms with Gasteiger partial charge in [0.15, 0.2) is 11.5 Å². The zero-order valence-corrected chi connectivity index (χ0v) is 21.1. The van der Waals surface area contributed by atoms with E-state index in [0.29, 0.717) is 17.9 Å². The number of hydrogen-bond acceptors (Lipinski definition) is 4. The van der Waals surface area contributed by atoms with Gasteiger partial charge in [0.2, 0.25) is 12.7 Å². The number of aldehydes is 1. The number of amides is 1. The zero-order valence-electron chi connectivity index (χ0n) is 21.1. The molecule has 5 nitrogen and oxygen atoms in total. The Morgan fingerprint density at radius 2 is 1.91 bits per heavy atom. The number of rotatable bonds is 12. The summed E-state index contributed by atoms with van der Waals surface area (Å²) in [5.41, 5.74) is 3.85. The van der Waals surface area contributed by atoms with E-state index in [9.17, 15) is 9.59 Å². The summed E-state index contributed by atoms with van der Waals surface area (Å²) in [4.78, 5) is 24.5. The van der Waals surface area contributed by atoms with Crippen LogP contribution in [0.4, 0.5) is 5.69 Å². The average molecular weight is 466 g/mol.